The zero-order chi connectivity index (χ0) is 14.8. The molecule has 2 atom stereocenters. The van der Waals surface area contributed by atoms with E-state index < -0.39 is 11.5 Å². The number of carboxylic acids is 1. The van der Waals surface area contributed by atoms with E-state index in [1.54, 1.807) is 4.90 Å². The van der Waals surface area contributed by atoms with Crippen LogP contribution in [0.1, 0.15) is 52.4 Å². The smallest absolute Gasteiger partial charge is 0.329 e. The average Bonchev–Trinajstić information content (AvgIpc) is 2.38. The molecule has 2 aliphatic rings. The van der Waals surface area contributed by atoms with Crippen molar-refractivity contribution in [3.63, 3.8) is 0 Å². The number of amides is 2. The third-order valence-corrected chi connectivity index (χ3v) is 4.62. The Morgan fingerprint density at radius 2 is 1.65 bits per heavy atom. The Labute approximate surface area is 120 Å². The summed E-state index contributed by atoms with van der Waals surface area (Å²) >= 11 is 0. The fraction of sp³-hybridized carbons (Fsp3) is 0.867. The number of hydrogen-bond acceptors (Lipinski definition) is 2. The van der Waals surface area contributed by atoms with Gasteiger partial charge in [0, 0.05) is 13.1 Å². The van der Waals surface area contributed by atoms with Gasteiger partial charge in [-0.05, 0) is 31.1 Å². The monoisotopic (exact) mass is 282 g/mol. The van der Waals surface area contributed by atoms with Crippen LogP contribution in [-0.2, 0) is 4.79 Å². The van der Waals surface area contributed by atoms with Gasteiger partial charge in [0.1, 0.15) is 5.54 Å². The molecule has 0 bridgehead atoms. The topological polar surface area (TPSA) is 69.6 Å². The van der Waals surface area contributed by atoms with Gasteiger partial charge in [0.25, 0.3) is 0 Å². The second-order valence-corrected chi connectivity index (χ2v) is 6.73. The van der Waals surface area contributed by atoms with Crippen molar-refractivity contribution in [2.24, 2.45) is 11.8 Å². The minimum Gasteiger partial charge on any atom is -0.480 e. The molecule has 5 nitrogen and oxygen atoms in total. The number of carboxylic acid groups (broad SMARTS) is 1. The van der Waals surface area contributed by atoms with Gasteiger partial charge >= 0.3 is 12.0 Å². The molecule has 2 fully saturated rings. The molecular formula is C15H26N2O3. The van der Waals surface area contributed by atoms with Crippen LogP contribution >= 0.6 is 0 Å². The maximum atomic E-state index is 12.4. The number of nitrogens with one attached hydrogen (secondary N) is 1. The molecule has 2 rings (SSSR count). The first-order valence-corrected chi connectivity index (χ1v) is 7.73. The Balaban J connectivity index is 2.03. The van der Waals surface area contributed by atoms with Crippen LogP contribution in [0.5, 0.6) is 0 Å². The molecule has 0 radical (unpaired) electrons. The summed E-state index contributed by atoms with van der Waals surface area (Å²) in [5.74, 6) is 0.0805. The van der Waals surface area contributed by atoms with Crippen molar-refractivity contribution in [1.29, 1.82) is 0 Å². The van der Waals surface area contributed by atoms with Crippen molar-refractivity contribution in [3.8, 4) is 0 Å². The molecule has 1 heterocycles. The summed E-state index contributed by atoms with van der Waals surface area (Å²) in [7, 11) is 0. The van der Waals surface area contributed by atoms with Gasteiger partial charge in [-0.25, -0.2) is 9.59 Å². The van der Waals surface area contributed by atoms with Crippen LogP contribution in [-0.4, -0.2) is 40.6 Å². The standard InChI is InChI=1S/C15H26N2O3/c1-11-8-12(2)10-17(9-11)14(20)16-15(13(18)19)6-4-3-5-7-15/h11-12H,3-10H2,1-2H3,(H,16,20)(H,18,19). The molecule has 1 saturated heterocycles. The molecule has 5 heteroatoms. The lowest BCUT2D eigenvalue weighted by Crippen LogP contribution is -2.60. The van der Waals surface area contributed by atoms with Crippen LogP contribution in [0.15, 0.2) is 0 Å². The predicted molar refractivity (Wildman–Crippen MR) is 76.5 cm³/mol. The molecule has 0 aromatic rings. The van der Waals surface area contributed by atoms with E-state index in [4.69, 9.17) is 0 Å². The summed E-state index contributed by atoms with van der Waals surface area (Å²) in [4.78, 5) is 25.8. The van der Waals surface area contributed by atoms with Crippen molar-refractivity contribution < 1.29 is 14.7 Å². The Morgan fingerprint density at radius 3 is 2.15 bits per heavy atom. The third kappa shape index (κ3) is 3.25. The zero-order valence-electron chi connectivity index (χ0n) is 12.5. The van der Waals surface area contributed by atoms with Gasteiger partial charge < -0.3 is 15.3 Å². The lowest BCUT2D eigenvalue weighted by Gasteiger charge is -2.39. The largest absolute Gasteiger partial charge is 0.480 e. The fourth-order valence-corrected chi connectivity index (χ4v) is 3.66. The fourth-order valence-electron chi connectivity index (χ4n) is 3.66. The molecule has 0 aromatic carbocycles. The van der Waals surface area contributed by atoms with Crippen LogP contribution in [0.25, 0.3) is 0 Å². The highest BCUT2D eigenvalue weighted by molar-refractivity contribution is 5.86. The number of likely N-dealkylation sites (tertiary alicyclic amines) is 1. The number of urea groups is 1. The second-order valence-electron chi connectivity index (χ2n) is 6.73. The van der Waals surface area contributed by atoms with E-state index >= 15 is 0 Å². The van der Waals surface area contributed by atoms with Crippen molar-refractivity contribution in [2.75, 3.05) is 13.1 Å². The van der Waals surface area contributed by atoms with E-state index in [0.29, 0.717) is 24.7 Å². The molecule has 1 aliphatic carbocycles. The predicted octanol–water partition coefficient (Wildman–Crippen LogP) is 2.46. The molecular weight excluding hydrogens is 256 g/mol. The highest BCUT2D eigenvalue weighted by Gasteiger charge is 2.42. The molecule has 2 N–H and O–H groups in total. The van der Waals surface area contributed by atoms with Crippen molar-refractivity contribution in [2.45, 2.75) is 57.9 Å². The lowest BCUT2D eigenvalue weighted by molar-refractivity contribution is -0.146. The average molecular weight is 282 g/mol. The van der Waals surface area contributed by atoms with Gasteiger partial charge in [0.05, 0.1) is 0 Å². The van der Waals surface area contributed by atoms with E-state index in [0.717, 1.165) is 38.8 Å². The van der Waals surface area contributed by atoms with E-state index in [1.807, 2.05) is 0 Å². The van der Waals surface area contributed by atoms with Gasteiger partial charge in [-0.2, -0.15) is 0 Å². The Hall–Kier alpha value is -1.26. The highest BCUT2D eigenvalue weighted by Crippen LogP contribution is 2.29. The first-order valence-electron chi connectivity index (χ1n) is 7.73. The Bertz CT molecular complexity index is 367. The molecule has 114 valence electrons. The van der Waals surface area contributed by atoms with Crippen molar-refractivity contribution >= 4 is 12.0 Å². The van der Waals surface area contributed by atoms with E-state index in [9.17, 15) is 14.7 Å². The summed E-state index contributed by atoms with van der Waals surface area (Å²) in [6.07, 6.45) is 5.04. The number of hydrogen-bond donors (Lipinski definition) is 2. The minimum absolute atomic E-state index is 0.201. The highest BCUT2D eigenvalue weighted by atomic mass is 16.4. The maximum Gasteiger partial charge on any atom is 0.329 e. The molecule has 1 aliphatic heterocycles. The van der Waals surface area contributed by atoms with Crippen LogP contribution in [0.3, 0.4) is 0 Å². The summed E-state index contributed by atoms with van der Waals surface area (Å²) in [5.41, 5.74) is -1.04. The molecule has 2 amide bonds. The van der Waals surface area contributed by atoms with Crippen molar-refractivity contribution in [1.82, 2.24) is 10.2 Å². The third-order valence-electron chi connectivity index (χ3n) is 4.62. The first-order chi connectivity index (χ1) is 9.43. The number of carbonyl (C=O) groups excluding carboxylic acids is 1. The number of aliphatic carboxylic acids is 1. The zero-order valence-corrected chi connectivity index (χ0v) is 12.5. The number of piperidine rings is 1. The van der Waals surface area contributed by atoms with Gasteiger partial charge in [0.2, 0.25) is 0 Å². The first kappa shape index (κ1) is 15.1. The van der Waals surface area contributed by atoms with Gasteiger partial charge in [-0.15, -0.1) is 0 Å². The van der Waals surface area contributed by atoms with E-state index in [2.05, 4.69) is 19.2 Å². The maximum absolute atomic E-state index is 12.4. The lowest BCUT2D eigenvalue weighted by atomic mass is 9.81. The Morgan fingerprint density at radius 1 is 1.10 bits per heavy atom. The van der Waals surface area contributed by atoms with E-state index in [1.165, 1.54) is 0 Å². The number of nitrogens with zero attached hydrogens (tertiary/aromatic N) is 1. The quantitative estimate of drug-likeness (QED) is 0.817. The van der Waals surface area contributed by atoms with E-state index in [-0.39, 0.29) is 6.03 Å². The van der Waals surface area contributed by atoms with Crippen LogP contribution in [0.2, 0.25) is 0 Å². The summed E-state index contributed by atoms with van der Waals surface area (Å²) < 4.78 is 0. The number of rotatable bonds is 2. The molecule has 20 heavy (non-hydrogen) atoms. The van der Waals surface area contributed by atoms with Crippen LogP contribution in [0, 0.1) is 11.8 Å². The number of carbonyl (C=O) groups is 2. The molecule has 2 unspecified atom stereocenters. The van der Waals surface area contributed by atoms with Gasteiger partial charge in [-0.3, -0.25) is 0 Å². The minimum atomic E-state index is -1.04. The normalized spacial score (nSPS) is 29.8. The van der Waals surface area contributed by atoms with Gasteiger partial charge in [0.15, 0.2) is 0 Å². The summed E-state index contributed by atoms with van der Waals surface area (Å²) in [6.45, 7) is 5.74. The molecule has 0 aromatic heterocycles. The molecule has 0 spiro atoms. The van der Waals surface area contributed by atoms with Crippen molar-refractivity contribution in [3.05, 3.63) is 0 Å². The SMILES string of the molecule is CC1CC(C)CN(C(=O)NC2(C(=O)O)CCCCC2)C1. The Kier molecular flexibility index (Phi) is 4.55. The summed E-state index contributed by atoms with van der Waals surface area (Å²) in [6, 6.07) is -0.201. The van der Waals surface area contributed by atoms with Crippen LogP contribution in [0.4, 0.5) is 4.79 Å². The summed E-state index contributed by atoms with van der Waals surface area (Å²) in [5, 5.41) is 12.3. The van der Waals surface area contributed by atoms with Crippen LogP contribution < -0.4 is 5.32 Å². The molecule has 1 saturated carbocycles. The van der Waals surface area contributed by atoms with Gasteiger partial charge in [-0.1, -0.05) is 33.1 Å². The second kappa shape index (κ2) is 6.02.